The molecule has 1 aliphatic heterocycles. The minimum atomic E-state index is -3.38. The number of hydrogen-bond acceptors (Lipinski definition) is 4. The maximum atomic E-state index is 11.8. The summed E-state index contributed by atoms with van der Waals surface area (Å²) in [5, 5.41) is 5.26. The van der Waals surface area contributed by atoms with Crippen molar-refractivity contribution in [2.45, 2.75) is 38.0 Å². The molecule has 1 saturated heterocycles. The van der Waals surface area contributed by atoms with Gasteiger partial charge in [-0.2, -0.15) is 0 Å². The van der Waals surface area contributed by atoms with Crippen LogP contribution in [0.15, 0.2) is 0 Å². The molecule has 3 N–H and O–H groups in total. The van der Waals surface area contributed by atoms with Crippen LogP contribution in [0.3, 0.4) is 0 Å². The lowest BCUT2D eigenvalue weighted by molar-refractivity contribution is -0.121. The average molecular weight is 263 g/mol. The summed E-state index contributed by atoms with van der Waals surface area (Å²) in [6.45, 7) is 6.51. The first-order valence-electron chi connectivity index (χ1n) is 5.71. The van der Waals surface area contributed by atoms with E-state index in [-0.39, 0.29) is 18.0 Å². The number of rotatable bonds is 4. The van der Waals surface area contributed by atoms with Crippen molar-refractivity contribution in [2.24, 2.45) is 0 Å². The molecule has 0 spiro atoms. The first-order valence-corrected chi connectivity index (χ1v) is 7.25. The third-order valence-corrected chi connectivity index (χ3v) is 4.23. The van der Waals surface area contributed by atoms with Crippen molar-refractivity contribution in [3.05, 3.63) is 0 Å². The zero-order chi connectivity index (χ0) is 13.1. The normalized spacial score (nSPS) is 21.5. The fraction of sp³-hybridized carbons (Fsp3) is 0.900. The maximum Gasteiger partial charge on any atom is 0.235 e. The van der Waals surface area contributed by atoms with Crippen molar-refractivity contribution >= 4 is 15.9 Å². The summed E-state index contributed by atoms with van der Waals surface area (Å²) in [6.07, 6.45) is 0.593. The van der Waals surface area contributed by atoms with Crippen LogP contribution in [0.1, 0.15) is 27.2 Å². The van der Waals surface area contributed by atoms with Gasteiger partial charge in [-0.05, 0) is 33.7 Å². The molecule has 1 rings (SSSR count). The zero-order valence-corrected chi connectivity index (χ0v) is 11.4. The van der Waals surface area contributed by atoms with Gasteiger partial charge in [0.1, 0.15) is 0 Å². The van der Waals surface area contributed by atoms with Crippen molar-refractivity contribution in [1.29, 1.82) is 0 Å². The topological polar surface area (TPSA) is 87.3 Å². The van der Waals surface area contributed by atoms with Crippen molar-refractivity contribution in [1.82, 2.24) is 15.4 Å². The largest absolute Gasteiger partial charge is 0.350 e. The van der Waals surface area contributed by atoms with E-state index in [1.165, 1.54) is 0 Å². The van der Waals surface area contributed by atoms with Crippen LogP contribution in [0.25, 0.3) is 0 Å². The van der Waals surface area contributed by atoms with E-state index in [1.54, 1.807) is 0 Å². The van der Waals surface area contributed by atoms with Gasteiger partial charge >= 0.3 is 0 Å². The number of carbonyl (C=O) groups is 1. The van der Waals surface area contributed by atoms with Gasteiger partial charge in [0.15, 0.2) is 0 Å². The van der Waals surface area contributed by atoms with Crippen LogP contribution >= 0.6 is 0 Å². The first-order chi connectivity index (χ1) is 7.71. The van der Waals surface area contributed by atoms with Gasteiger partial charge in [0.25, 0.3) is 0 Å². The molecular weight excluding hydrogens is 242 g/mol. The summed E-state index contributed by atoms with van der Waals surface area (Å²) in [6, 6.07) is 0. The van der Waals surface area contributed by atoms with E-state index >= 15 is 0 Å². The van der Waals surface area contributed by atoms with Gasteiger partial charge in [-0.1, -0.05) is 0 Å². The van der Waals surface area contributed by atoms with E-state index in [0.29, 0.717) is 19.5 Å². The van der Waals surface area contributed by atoms with E-state index < -0.39 is 15.3 Å². The Morgan fingerprint density at radius 3 is 2.53 bits per heavy atom. The van der Waals surface area contributed by atoms with E-state index in [4.69, 9.17) is 0 Å². The number of nitrogens with one attached hydrogen (secondary N) is 3. The molecule has 17 heavy (non-hydrogen) atoms. The Hall–Kier alpha value is -0.660. The summed E-state index contributed by atoms with van der Waals surface area (Å²) < 4.78 is 25.9. The Labute approximate surface area is 103 Å². The highest BCUT2D eigenvalue weighted by Crippen LogP contribution is 2.07. The second-order valence-electron chi connectivity index (χ2n) is 5.28. The standard InChI is InChI=1S/C10H21N3O3S/c1-10(2,3)13-9(14)7-12-17(15,16)8-4-5-11-6-8/h8,11-12H,4-7H2,1-3H3,(H,13,14). The highest BCUT2D eigenvalue weighted by atomic mass is 32.2. The van der Waals surface area contributed by atoms with Crippen LogP contribution < -0.4 is 15.4 Å². The summed E-state index contributed by atoms with van der Waals surface area (Å²) in [5.74, 6) is -0.313. The molecule has 7 heteroatoms. The minimum absolute atomic E-state index is 0.198. The summed E-state index contributed by atoms with van der Waals surface area (Å²) in [4.78, 5) is 11.5. The lowest BCUT2D eigenvalue weighted by atomic mass is 10.1. The molecular formula is C10H21N3O3S. The quantitative estimate of drug-likeness (QED) is 0.618. The fourth-order valence-corrected chi connectivity index (χ4v) is 2.97. The lowest BCUT2D eigenvalue weighted by Crippen LogP contribution is -2.47. The maximum absolute atomic E-state index is 11.8. The average Bonchev–Trinajstić information content (AvgIpc) is 2.65. The summed E-state index contributed by atoms with van der Waals surface area (Å²) >= 11 is 0. The van der Waals surface area contributed by atoms with Gasteiger partial charge < -0.3 is 10.6 Å². The molecule has 1 aliphatic rings. The molecule has 6 nitrogen and oxygen atoms in total. The van der Waals surface area contributed by atoms with Crippen LogP contribution in [0.4, 0.5) is 0 Å². The molecule has 0 aromatic heterocycles. The van der Waals surface area contributed by atoms with E-state index in [1.807, 2.05) is 20.8 Å². The smallest absolute Gasteiger partial charge is 0.235 e. The van der Waals surface area contributed by atoms with Crippen molar-refractivity contribution < 1.29 is 13.2 Å². The third kappa shape index (κ3) is 5.01. The molecule has 0 aliphatic carbocycles. The number of amides is 1. The summed E-state index contributed by atoms with van der Waals surface area (Å²) in [5.41, 5.74) is -0.350. The van der Waals surface area contributed by atoms with Crippen LogP contribution in [-0.2, 0) is 14.8 Å². The van der Waals surface area contributed by atoms with E-state index in [0.717, 1.165) is 0 Å². The molecule has 1 unspecified atom stereocenters. The number of carbonyl (C=O) groups excluding carboxylic acids is 1. The highest BCUT2D eigenvalue weighted by molar-refractivity contribution is 7.90. The van der Waals surface area contributed by atoms with E-state index in [9.17, 15) is 13.2 Å². The van der Waals surface area contributed by atoms with Gasteiger partial charge in [-0.25, -0.2) is 13.1 Å². The lowest BCUT2D eigenvalue weighted by Gasteiger charge is -2.21. The molecule has 1 amide bonds. The van der Waals surface area contributed by atoms with Gasteiger partial charge in [-0.15, -0.1) is 0 Å². The Balaban J connectivity index is 2.42. The van der Waals surface area contributed by atoms with Crippen LogP contribution in [0, 0.1) is 0 Å². The Kier molecular flexibility index (Phi) is 4.51. The predicted molar refractivity (Wildman–Crippen MR) is 66.1 cm³/mol. The summed E-state index contributed by atoms with van der Waals surface area (Å²) in [7, 11) is -3.38. The van der Waals surface area contributed by atoms with Gasteiger partial charge in [0, 0.05) is 12.1 Å². The van der Waals surface area contributed by atoms with Gasteiger partial charge in [0.05, 0.1) is 11.8 Å². The Bertz CT molecular complexity index is 367. The minimum Gasteiger partial charge on any atom is -0.350 e. The molecule has 0 aromatic carbocycles. The second-order valence-corrected chi connectivity index (χ2v) is 7.32. The fourth-order valence-electron chi connectivity index (χ4n) is 1.64. The van der Waals surface area contributed by atoms with Gasteiger partial charge in [-0.3, -0.25) is 4.79 Å². The number of sulfonamides is 1. The molecule has 0 aromatic rings. The van der Waals surface area contributed by atoms with Gasteiger partial charge in [0.2, 0.25) is 15.9 Å². The van der Waals surface area contributed by atoms with Crippen LogP contribution in [0.5, 0.6) is 0 Å². The SMILES string of the molecule is CC(C)(C)NC(=O)CNS(=O)(=O)C1CCNC1. The first kappa shape index (κ1) is 14.4. The van der Waals surface area contributed by atoms with Crippen LogP contribution in [0.2, 0.25) is 0 Å². The van der Waals surface area contributed by atoms with Crippen molar-refractivity contribution in [2.75, 3.05) is 19.6 Å². The second kappa shape index (κ2) is 5.32. The molecule has 0 bridgehead atoms. The highest BCUT2D eigenvalue weighted by Gasteiger charge is 2.28. The third-order valence-electron chi connectivity index (χ3n) is 2.40. The monoisotopic (exact) mass is 263 g/mol. The molecule has 1 heterocycles. The number of hydrogen-bond donors (Lipinski definition) is 3. The van der Waals surface area contributed by atoms with Crippen molar-refractivity contribution in [3.63, 3.8) is 0 Å². The molecule has 1 fully saturated rings. The molecule has 0 radical (unpaired) electrons. The zero-order valence-electron chi connectivity index (χ0n) is 10.5. The Morgan fingerprint density at radius 2 is 2.06 bits per heavy atom. The Morgan fingerprint density at radius 1 is 1.41 bits per heavy atom. The molecule has 100 valence electrons. The molecule has 0 saturated carbocycles. The van der Waals surface area contributed by atoms with Crippen molar-refractivity contribution in [3.8, 4) is 0 Å². The van der Waals surface area contributed by atoms with E-state index in [2.05, 4.69) is 15.4 Å². The van der Waals surface area contributed by atoms with Crippen LogP contribution in [-0.4, -0.2) is 44.7 Å². The predicted octanol–water partition coefficient (Wildman–Crippen LogP) is -0.818. The molecule has 1 atom stereocenters.